The fourth-order valence-corrected chi connectivity index (χ4v) is 2.32. The van der Waals surface area contributed by atoms with Gasteiger partial charge >= 0.3 is 0 Å². The van der Waals surface area contributed by atoms with Crippen LogP contribution in [-0.4, -0.2) is 15.7 Å². The predicted molar refractivity (Wildman–Crippen MR) is 88.5 cm³/mol. The van der Waals surface area contributed by atoms with Crippen LogP contribution in [0.4, 0.5) is 4.39 Å². The molecule has 0 unspecified atom stereocenters. The van der Waals surface area contributed by atoms with Gasteiger partial charge in [-0.3, -0.25) is 9.48 Å². The zero-order valence-electron chi connectivity index (χ0n) is 13.7. The first-order valence-corrected chi connectivity index (χ1v) is 7.91. The van der Waals surface area contributed by atoms with Crippen LogP contribution in [0.15, 0.2) is 53.1 Å². The van der Waals surface area contributed by atoms with Crippen molar-refractivity contribution >= 4 is 5.91 Å². The molecule has 0 fully saturated rings. The molecule has 2 heterocycles. The van der Waals surface area contributed by atoms with Crippen molar-refractivity contribution in [1.82, 2.24) is 15.1 Å². The Kier molecular flexibility index (Phi) is 5.13. The molecule has 3 aromatic rings. The van der Waals surface area contributed by atoms with Crippen molar-refractivity contribution in [2.24, 2.45) is 0 Å². The Morgan fingerprint density at radius 1 is 1.24 bits per heavy atom. The van der Waals surface area contributed by atoms with Gasteiger partial charge in [-0.2, -0.15) is 5.10 Å². The monoisotopic (exact) mass is 343 g/mol. The summed E-state index contributed by atoms with van der Waals surface area (Å²) in [6, 6.07) is 10.8. The third kappa shape index (κ3) is 4.26. The molecule has 0 saturated heterocycles. The fourth-order valence-electron chi connectivity index (χ4n) is 2.32. The number of halogens is 1. The largest absolute Gasteiger partial charge is 0.486 e. The first-order valence-electron chi connectivity index (χ1n) is 7.91. The average molecular weight is 343 g/mol. The zero-order chi connectivity index (χ0) is 17.6. The summed E-state index contributed by atoms with van der Waals surface area (Å²) in [4.78, 5) is 12.1. The average Bonchev–Trinajstić information content (AvgIpc) is 3.28. The summed E-state index contributed by atoms with van der Waals surface area (Å²) >= 11 is 0. The molecule has 0 radical (unpaired) electrons. The van der Waals surface area contributed by atoms with Crippen molar-refractivity contribution in [3.8, 4) is 5.75 Å². The maximum absolute atomic E-state index is 12.8. The highest BCUT2D eigenvalue weighted by molar-refractivity contribution is 5.91. The van der Waals surface area contributed by atoms with E-state index in [1.54, 1.807) is 18.3 Å². The van der Waals surface area contributed by atoms with Gasteiger partial charge in [-0.05, 0) is 49.4 Å². The number of hydrogen-bond acceptors (Lipinski definition) is 4. The number of aryl methyl sites for hydroxylation is 1. The summed E-state index contributed by atoms with van der Waals surface area (Å²) in [6.45, 7) is 3.25. The molecule has 0 aliphatic carbocycles. The Hall–Kier alpha value is -3.09. The SMILES string of the molecule is CCn1nccc1CNC(=O)c1ccc(COc2ccc(F)cc2)o1. The molecular weight excluding hydrogens is 325 g/mol. The molecule has 1 amide bonds. The molecule has 0 aliphatic heterocycles. The number of furan rings is 1. The van der Waals surface area contributed by atoms with Gasteiger partial charge in [0.15, 0.2) is 5.76 Å². The number of ether oxygens (including phenoxy) is 1. The minimum Gasteiger partial charge on any atom is -0.486 e. The molecular formula is C18H18FN3O3. The molecule has 0 spiro atoms. The van der Waals surface area contributed by atoms with Gasteiger partial charge in [0.2, 0.25) is 0 Å². The maximum atomic E-state index is 12.8. The predicted octanol–water partition coefficient (Wildman–Crippen LogP) is 3.14. The van der Waals surface area contributed by atoms with Crippen molar-refractivity contribution in [3.63, 3.8) is 0 Å². The lowest BCUT2D eigenvalue weighted by molar-refractivity contribution is 0.0918. The van der Waals surface area contributed by atoms with Crippen LogP contribution in [0.25, 0.3) is 0 Å². The first-order chi connectivity index (χ1) is 12.2. The summed E-state index contributed by atoms with van der Waals surface area (Å²) in [5.74, 6) is 0.607. The maximum Gasteiger partial charge on any atom is 0.287 e. The normalized spacial score (nSPS) is 10.6. The van der Waals surface area contributed by atoms with Crippen LogP contribution in [0.2, 0.25) is 0 Å². The molecule has 0 atom stereocenters. The topological polar surface area (TPSA) is 69.3 Å². The molecule has 2 aromatic heterocycles. The Bertz CT molecular complexity index is 839. The van der Waals surface area contributed by atoms with Crippen LogP contribution in [0, 0.1) is 5.82 Å². The van der Waals surface area contributed by atoms with Crippen LogP contribution in [-0.2, 0) is 19.7 Å². The van der Waals surface area contributed by atoms with Gasteiger partial charge in [0.05, 0.1) is 12.2 Å². The number of amides is 1. The van der Waals surface area contributed by atoms with E-state index in [0.29, 0.717) is 18.1 Å². The number of nitrogens with one attached hydrogen (secondary N) is 1. The molecule has 1 N–H and O–H groups in total. The molecule has 0 bridgehead atoms. The van der Waals surface area contributed by atoms with Crippen molar-refractivity contribution in [3.05, 3.63) is 71.7 Å². The Morgan fingerprint density at radius 3 is 2.80 bits per heavy atom. The van der Waals surface area contributed by atoms with E-state index < -0.39 is 0 Å². The molecule has 130 valence electrons. The second-order valence-electron chi connectivity index (χ2n) is 5.33. The molecule has 3 rings (SSSR count). The summed E-state index contributed by atoms with van der Waals surface area (Å²) in [5, 5.41) is 6.94. The van der Waals surface area contributed by atoms with Crippen molar-refractivity contribution in [1.29, 1.82) is 0 Å². The number of rotatable bonds is 7. The molecule has 1 aromatic carbocycles. The number of carbonyl (C=O) groups excluding carboxylic acids is 1. The zero-order valence-corrected chi connectivity index (χ0v) is 13.7. The van der Waals surface area contributed by atoms with Crippen molar-refractivity contribution in [2.75, 3.05) is 0 Å². The fraction of sp³-hybridized carbons (Fsp3) is 0.222. The highest BCUT2D eigenvalue weighted by atomic mass is 19.1. The lowest BCUT2D eigenvalue weighted by atomic mass is 10.3. The highest BCUT2D eigenvalue weighted by Gasteiger charge is 2.12. The smallest absolute Gasteiger partial charge is 0.287 e. The number of carbonyl (C=O) groups is 1. The molecule has 7 heteroatoms. The lowest BCUT2D eigenvalue weighted by Crippen LogP contribution is -2.23. The van der Waals surface area contributed by atoms with E-state index in [4.69, 9.17) is 9.15 Å². The number of benzene rings is 1. The highest BCUT2D eigenvalue weighted by Crippen LogP contribution is 2.15. The van der Waals surface area contributed by atoms with Crippen LogP contribution < -0.4 is 10.1 Å². The number of aromatic nitrogens is 2. The van der Waals surface area contributed by atoms with E-state index in [9.17, 15) is 9.18 Å². The Labute approximate surface area is 144 Å². The quantitative estimate of drug-likeness (QED) is 0.715. The summed E-state index contributed by atoms with van der Waals surface area (Å²) in [6.07, 6.45) is 1.70. The van der Waals surface area contributed by atoms with E-state index in [1.165, 1.54) is 24.3 Å². The van der Waals surface area contributed by atoms with E-state index in [1.807, 2.05) is 17.7 Å². The first kappa shape index (κ1) is 16.8. The third-order valence-corrected chi connectivity index (χ3v) is 3.61. The van der Waals surface area contributed by atoms with Gasteiger partial charge in [0, 0.05) is 12.7 Å². The minimum atomic E-state index is -0.325. The molecule has 0 saturated carbocycles. The standard InChI is InChI=1S/C18H18FN3O3/c1-2-22-14(9-10-21-22)11-20-18(23)17-8-7-16(25-17)12-24-15-5-3-13(19)4-6-15/h3-10H,2,11-12H2,1H3,(H,20,23). The van der Waals surface area contributed by atoms with Crippen LogP contribution in [0.1, 0.15) is 28.9 Å². The van der Waals surface area contributed by atoms with Gasteiger partial charge in [0.1, 0.15) is 23.9 Å². The van der Waals surface area contributed by atoms with Gasteiger partial charge in [0.25, 0.3) is 5.91 Å². The Morgan fingerprint density at radius 2 is 2.04 bits per heavy atom. The molecule has 0 aliphatic rings. The Balaban J connectivity index is 1.53. The van der Waals surface area contributed by atoms with Crippen LogP contribution in [0.3, 0.4) is 0 Å². The van der Waals surface area contributed by atoms with Gasteiger partial charge in [-0.15, -0.1) is 0 Å². The van der Waals surface area contributed by atoms with Gasteiger partial charge < -0.3 is 14.5 Å². The van der Waals surface area contributed by atoms with Crippen LogP contribution >= 0.6 is 0 Å². The summed E-state index contributed by atoms with van der Waals surface area (Å²) in [5.41, 5.74) is 0.919. The second kappa shape index (κ2) is 7.65. The van der Waals surface area contributed by atoms with E-state index in [0.717, 1.165) is 12.2 Å². The summed E-state index contributed by atoms with van der Waals surface area (Å²) in [7, 11) is 0. The van der Waals surface area contributed by atoms with Gasteiger partial charge in [-0.1, -0.05) is 0 Å². The number of hydrogen-bond donors (Lipinski definition) is 1. The van der Waals surface area contributed by atoms with Gasteiger partial charge in [-0.25, -0.2) is 4.39 Å². The molecule has 6 nitrogen and oxygen atoms in total. The van der Waals surface area contributed by atoms with Crippen molar-refractivity contribution < 1.29 is 18.3 Å². The number of nitrogens with zero attached hydrogens (tertiary/aromatic N) is 2. The third-order valence-electron chi connectivity index (χ3n) is 3.61. The van der Waals surface area contributed by atoms with E-state index in [-0.39, 0.29) is 24.1 Å². The van der Waals surface area contributed by atoms with Crippen LogP contribution in [0.5, 0.6) is 5.75 Å². The molecule has 25 heavy (non-hydrogen) atoms. The minimum absolute atomic E-state index is 0.154. The lowest BCUT2D eigenvalue weighted by Gasteiger charge is -2.06. The second-order valence-corrected chi connectivity index (χ2v) is 5.33. The summed E-state index contributed by atoms with van der Waals surface area (Å²) < 4.78 is 25.6. The van der Waals surface area contributed by atoms with Crippen molar-refractivity contribution in [2.45, 2.75) is 26.6 Å². The van der Waals surface area contributed by atoms with E-state index >= 15 is 0 Å². The van der Waals surface area contributed by atoms with E-state index in [2.05, 4.69) is 10.4 Å².